The van der Waals surface area contributed by atoms with Crippen LogP contribution < -0.4 is 16.0 Å². The molecule has 2 aromatic carbocycles. The number of benzene rings is 2. The number of aliphatic hydroxyl groups excluding tert-OH is 1. The molecule has 5 rings (SSSR count). The first-order valence-electron chi connectivity index (χ1n) is 13.2. The van der Waals surface area contributed by atoms with Crippen LogP contribution in [0.5, 0.6) is 0 Å². The van der Waals surface area contributed by atoms with Gasteiger partial charge in [0.15, 0.2) is 0 Å². The number of rotatable bonds is 4. The van der Waals surface area contributed by atoms with Crippen LogP contribution >= 0.6 is 11.6 Å². The van der Waals surface area contributed by atoms with Gasteiger partial charge in [-0.1, -0.05) is 50.6 Å². The molecule has 1 saturated heterocycles. The molecule has 2 aliphatic heterocycles. The highest BCUT2D eigenvalue weighted by Crippen LogP contribution is 2.57. The van der Waals surface area contributed by atoms with Gasteiger partial charge >= 0.3 is 0 Å². The lowest BCUT2D eigenvalue weighted by Gasteiger charge is -2.38. The van der Waals surface area contributed by atoms with Crippen molar-refractivity contribution in [3.63, 3.8) is 0 Å². The molecule has 6 nitrogen and oxygen atoms in total. The van der Waals surface area contributed by atoms with E-state index in [4.69, 9.17) is 11.6 Å². The lowest BCUT2D eigenvalue weighted by Crippen LogP contribution is -2.50. The summed E-state index contributed by atoms with van der Waals surface area (Å²) in [5.74, 6) is -2.87. The average Bonchev–Trinajstić information content (AvgIpc) is 3.31. The Balaban J connectivity index is 1.67. The number of carbonyl (C=O) groups excluding carboxylic acids is 2. The Morgan fingerprint density at radius 1 is 1.16 bits per heavy atom. The minimum absolute atomic E-state index is 0.102. The summed E-state index contributed by atoms with van der Waals surface area (Å²) in [6.07, 6.45) is 2.57. The summed E-state index contributed by atoms with van der Waals surface area (Å²) in [5.41, 5.74) is -0.618. The van der Waals surface area contributed by atoms with Crippen LogP contribution in [0.25, 0.3) is 0 Å². The summed E-state index contributed by atoms with van der Waals surface area (Å²) < 4.78 is 30.0. The zero-order chi connectivity index (χ0) is 27.4. The van der Waals surface area contributed by atoms with Crippen molar-refractivity contribution in [1.29, 1.82) is 0 Å². The molecule has 0 unspecified atom stereocenters. The van der Waals surface area contributed by atoms with E-state index in [2.05, 4.69) is 16.0 Å². The standard InChI is InChI=1S/C29H34ClF2N3O3/c1-28(2,3)14-22-29(19-12-7-15(31)13-21(19)34-27(29)38)23(18-5-4-6-20(30)24(18)32)25(35-22)26(37)33-16-8-10-17(36)11-9-16/h4-7,12-13,16-17,22-23,25,35-36H,8-11,14H2,1-3H3,(H,33,37)(H,34,38)/t16?,17?,22-,23-,25+,29+/m0/s1. The first-order chi connectivity index (χ1) is 17.9. The molecule has 0 bridgehead atoms. The summed E-state index contributed by atoms with van der Waals surface area (Å²) in [4.78, 5) is 28.0. The Labute approximate surface area is 226 Å². The van der Waals surface area contributed by atoms with Crippen molar-refractivity contribution in [3.8, 4) is 0 Å². The minimum atomic E-state index is -1.38. The lowest BCUT2D eigenvalue weighted by atomic mass is 9.62. The van der Waals surface area contributed by atoms with E-state index in [-0.39, 0.29) is 34.1 Å². The monoisotopic (exact) mass is 545 g/mol. The first kappa shape index (κ1) is 27.0. The van der Waals surface area contributed by atoms with Crippen LogP contribution in [0.4, 0.5) is 14.5 Å². The number of aliphatic hydroxyl groups is 1. The number of halogens is 3. The summed E-state index contributed by atoms with van der Waals surface area (Å²) in [7, 11) is 0. The zero-order valence-electron chi connectivity index (χ0n) is 21.8. The average molecular weight is 546 g/mol. The molecule has 2 fully saturated rings. The van der Waals surface area contributed by atoms with Gasteiger partial charge in [-0.05, 0) is 66.8 Å². The highest BCUT2D eigenvalue weighted by Gasteiger charge is 2.66. The van der Waals surface area contributed by atoms with Gasteiger partial charge in [-0.3, -0.25) is 9.59 Å². The second kappa shape index (κ2) is 9.88. The number of nitrogens with one attached hydrogen (secondary N) is 3. The predicted molar refractivity (Wildman–Crippen MR) is 142 cm³/mol. The van der Waals surface area contributed by atoms with Crippen LogP contribution in [0.15, 0.2) is 36.4 Å². The van der Waals surface area contributed by atoms with E-state index in [0.717, 1.165) is 0 Å². The number of fused-ring (bicyclic) bond motifs is 2. The summed E-state index contributed by atoms with van der Waals surface area (Å²) in [5, 5.41) is 19.2. The molecule has 2 amide bonds. The van der Waals surface area contributed by atoms with E-state index >= 15 is 4.39 Å². The molecule has 1 aliphatic carbocycles. The van der Waals surface area contributed by atoms with Gasteiger partial charge in [0.2, 0.25) is 11.8 Å². The van der Waals surface area contributed by atoms with E-state index in [0.29, 0.717) is 43.4 Å². The third kappa shape index (κ3) is 4.61. The summed E-state index contributed by atoms with van der Waals surface area (Å²) in [6.45, 7) is 6.11. The van der Waals surface area contributed by atoms with Crippen LogP contribution in [0.1, 0.15) is 69.9 Å². The van der Waals surface area contributed by atoms with Crippen LogP contribution in [0.2, 0.25) is 5.02 Å². The molecular formula is C29H34ClF2N3O3. The van der Waals surface area contributed by atoms with E-state index < -0.39 is 41.0 Å². The van der Waals surface area contributed by atoms with Crippen molar-refractivity contribution in [2.24, 2.45) is 5.41 Å². The van der Waals surface area contributed by atoms with Crippen LogP contribution in [-0.2, 0) is 15.0 Å². The lowest BCUT2D eigenvalue weighted by molar-refractivity contribution is -0.124. The van der Waals surface area contributed by atoms with Gasteiger partial charge in [0.25, 0.3) is 0 Å². The fourth-order valence-electron chi connectivity index (χ4n) is 6.66. The molecule has 204 valence electrons. The van der Waals surface area contributed by atoms with Gasteiger partial charge in [0, 0.05) is 23.7 Å². The van der Waals surface area contributed by atoms with Crippen molar-refractivity contribution in [2.75, 3.05) is 5.32 Å². The second-order valence-electron chi connectivity index (χ2n) is 12.1. The van der Waals surface area contributed by atoms with Crippen molar-refractivity contribution in [1.82, 2.24) is 10.6 Å². The molecule has 3 aliphatic rings. The Morgan fingerprint density at radius 3 is 2.55 bits per heavy atom. The van der Waals surface area contributed by atoms with Gasteiger partial charge in [-0.15, -0.1) is 0 Å². The Kier molecular flexibility index (Phi) is 7.03. The molecule has 1 spiro atoms. The topological polar surface area (TPSA) is 90.5 Å². The van der Waals surface area contributed by atoms with E-state index in [1.54, 1.807) is 18.2 Å². The van der Waals surface area contributed by atoms with Crippen molar-refractivity contribution in [3.05, 3.63) is 64.2 Å². The molecule has 0 radical (unpaired) electrons. The fourth-order valence-corrected chi connectivity index (χ4v) is 6.85. The third-order valence-corrected chi connectivity index (χ3v) is 8.56. The van der Waals surface area contributed by atoms with E-state index in [9.17, 15) is 19.1 Å². The minimum Gasteiger partial charge on any atom is -0.393 e. The molecule has 4 N–H and O–H groups in total. The van der Waals surface area contributed by atoms with Gasteiger partial charge < -0.3 is 21.1 Å². The SMILES string of the molecule is CC(C)(C)C[C@@H]1N[C@@H](C(=O)NC2CCC(O)CC2)[C@H](c2cccc(Cl)c2F)[C@]12C(=O)Nc1cc(F)ccc12. The Hall–Kier alpha value is -2.55. The third-order valence-electron chi connectivity index (χ3n) is 8.26. The normalized spacial score (nSPS) is 30.8. The predicted octanol–water partition coefficient (Wildman–Crippen LogP) is 4.79. The maximum Gasteiger partial charge on any atom is 0.238 e. The van der Waals surface area contributed by atoms with Crippen molar-refractivity contribution < 1.29 is 23.5 Å². The molecule has 0 aromatic heterocycles. The number of amides is 2. The second-order valence-corrected chi connectivity index (χ2v) is 12.5. The molecule has 4 atom stereocenters. The molecule has 38 heavy (non-hydrogen) atoms. The zero-order valence-corrected chi connectivity index (χ0v) is 22.5. The number of hydrogen-bond donors (Lipinski definition) is 4. The summed E-state index contributed by atoms with van der Waals surface area (Å²) >= 11 is 6.21. The van der Waals surface area contributed by atoms with Crippen molar-refractivity contribution >= 4 is 29.1 Å². The molecule has 2 heterocycles. The van der Waals surface area contributed by atoms with Crippen LogP contribution in [0.3, 0.4) is 0 Å². The largest absolute Gasteiger partial charge is 0.393 e. The molecular weight excluding hydrogens is 512 g/mol. The van der Waals surface area contributed by atoms with E-state index in [1.807, 2.05) is 20.8 Å². The van der Waals surface area contributed by atoms with Gasteiger partial charge in [-0.25, -0.2) is 8.78 Å². The maximum absolute atomic E-state index is 15.7. The number of anilines is 1. The fraction of sp³-hybridized carbons (Fsp3) is 0.517. The van der Waals surface area contributed by atoms with Crippen molar-refractivity contribution in [2.45, 2.75) is 88.4 Å². The quantitative estimate of drug-likeness (QED) is 0.445. The highest BCUT2D eigenvalue weighted by atomic mass is 35.5. The smallest absolute Gasteiger partial charge is 0.238 e. The van der Waals surface area contributed by atoms with Crippen LogP contribution in [0, 0.1) is 17.0 Å². The maximum atomic E-state index is 15.7. The molecule has 2 aromatic rings. The Morgan fingerprint density at radius 2 is 1.87 bits per heavy atom. The van der Waals surface area contributed by atoms with Gasteiger partial charge in [0.1, 0.15) is 17.0 Å². The van der Waals surface area contributed by atoms with Gasteiger partial charge in [-0.2, -0.15) is 0 Å². The summed E-state index contributed by atoms with van der Waals surface area (Å²) in [6, 6.07) is 7.10. The highest BCUT2D eigenvalue weighted by molar-refractivity contribution is 6.30. The number of carbonyl (C=O) groups is 2. The molecule has 1 saturated carbocycles. The Bertz CT molecular complexity index is 1260. The molecule has 9 heteroatoms. The van der Waals surface area contributed by atoms with E-state index in [1.165, 1.54) is 18.2 Å². The first-order valence-corrected chi connectivity index (χ1v) is 13.6. The van der Waals surface area contributed by atoms with Gasteiger partial charge in [0.05, 0.1) is 17.2 Å². The van der Waals surface area contributed by atoms with Crippen LogP contribution in [-0.4, -0.2) is 41.2 Å². The number of hydrogen-bond acceptors (Lipinski definition) is 4.